The van der Waals surface area contributed by atoms with Crippen LogP contribution in [0.1, 0.15) is 27.2 Å². The van der Waals surface area contributed by atoms with E-state index in [-0.39, 0.29) is 0 Å². The van der Waals surface area contributed by atoms with Crippen LogP contribution >= 0.6 is 0 Å². The van der Waals surface area contributed by atoms with Crippen LogP contribution < -0.4 is 4.74 Å². The monoisotopic (exact) mass is 368 g/mol. The second-order valence-corrected chi connectivity index (χ2v) is 8.51. The fourth-order valence-corrected chi connectivity index (χ4v) is 4.84. The molecule has 1 heterocycles. The average molecular weight is 369 g/mol. The third-order valence-electron chi connectivity index (χ3n) is 5.88. The Morgan fingerprint density at radius 3 is 2.15 bits per heavy atom. The number of hydrogen-bond acceptors (Lipinski definition) is 2. The maximum Gasteiger partial charge on any atom is 0.137 e. The van der Waals surface area contributed by atoms with Gasteiger partial charge in [-0.15, -0.1) is 0 Å². The molecule has 1 unspecified atom stereocenters. The van der Waals surface area contributed by atoms with E-state index in [2.05, 4.69) is 45.0 Å². The molecular weight excluding hydrogens is 334 g/mol. The van der Waals surface area contributed by atoms with Gasteiger partial charge in [-0.25, -0.2) is 0 Å². The Hall–Kier alpha value is -1.84. The number of likely N-dealkylation sites (N-methyl/N-ethyl adjacent to an activating group) is 1. The highest BCUT2D eigenvalue weighted by Gasteiger charge is 2.37. The molecule has 4 atom stereocenters. The van der Waals surface area contributed by atoms with Gasteiger partial charge in [-0.05, 0) is 36.6 Å². The SMILES string of the molecule is CC[N+]1(C[C@H](O)COc2ccc(-c3ccccc3)cc2)C[C@H](C)C[C@H](C)C1. The van der Waals surface area contributed by atoms with Crippen molar-refractivity contribution in [3.05, 3.63) is 54.6 Å². The van der Waals surface area contributed by atoms with Crippen molar-refractivity contribution in [2.45, 2.75) is 33.3 Å². The number of rotatable bonds is 7. The minimum atomic E-state index is -0.434. The maximum absolute atomic E-state index is 10.6. The number of quaternary nitrogens is 1. The van der Waals surface area contributed by atoms with Gasteiger partial charge in [0.15, 0.2) is 0 Å². The standard InChI is InChI=1S/C24H34NO2/c1-4-25(15-19(2)14-20(3)16-25)17-23(26)18-27-24-12-10-22(11-13-24)21-8-6-5-7-9-21/h5-13,19-20,23,26H,4,14-18H2,1-3H3/q+1/t19-,20+,23-,25?/m0/s1. The fraction of sp³-hybridized carbons (Fsp3) is 0.500. The summed E-state index contributed by atoms with van der Waals surface area (Å²) in [7, 11) is 0. The molecule has 0 spiro atoms. The Labute approximate surface area is 164 Å². The van der Waals surface area contributed by atoms with Gasteiger partial charge in [-0.2, -0.15) is 0 Å². The third-order valence-corrected chi connectivity index (χ3v) is 5.88. The van der Waals surface area contributed by atoms with Crippen LogP contribution in [0.25, 0.3) is 11.1 Å². The molecule has 1 aliphatic heterocycles. The summed E-state index contributed by atoms with van der Waals surface area (Å²) in [6.45, 7) is 11.5. The predicted molar refractivity (Wildman–Crippen MR) is 112 cm³/mol. The van der Waals surface area contributed by atoms with Crippen LogP contribution in [0.2, 0.25) is 0 Å². The van der Waals surface area contributed by atoms with Crippen LogP contribution in [0.3, 0.4) is 0 Å². The normalized spacial score (nSPS) is 26.5. The van der Waals surface area contributed by atoms with Crippen molar-refractivity contribution in [3.63, 3.8) is 0 Å². The van der Waals surface area contributed by atoms with Crippen LogP contribution in [0.15, 0.2) is 54.6 Å². The van der Waals surface area contributed by atoms with E-state index in [0.717, 1.165) is 35.2 Å². The molecule has 27 heavy (non-hydrogen) atoms. The smallest absolute Gasteiger partial charge is 0.137 e. The summed E-state index contributed by atoms with van der Waals surface area (Å²) in [4.78, 5) is 0. The lowest BCUT2D eigenvalue weighted by Crippen LogP contribution is -2.59. The largest absolute Gasteiger partial charge is 0.491 e. The van der Waals surface area contributed by atoms with Crippen LogP contribution in [0.5, 0.6) is 5.75 Å². The first-order valence-electron chi connectivity index (χ1n) is 10.3. The van der Waals surface area contributed by atoms with Crippen molar-refractivity contribution >= 4 is 0 Å². The summed E-state index contributed by atoms with van der Waals surface area (Å²) in [6.07, 6.45) is 0.872. The Balaban J connectivity index is 1.55. The summed E-state index contributed by atoms with van der Waals surface area (Å²) < 4.78 is 6.90. The minimum absolute atomic E-state index is 0.355. The van der Waals surface area contributed by atoms with Gasteiger partial charge < -0.3 is 14.3 Å². The van der Waals surface area contributed by atoms with Crippen LogP contribution in [-0.2, 0) is 0 Å². The zero-order valence-electron chi connectivity index (χ0n) is 17.0. The van der Waals surface area contributed by atoms with E-state index in [4.69, 9.17) is 4.74 Å². The van der Waals surface area contributed by atoms with Crippen LogP contribution in [-0.4, -0.2) is 48.5 Å². The first-order valence-corrected chi connectivity index (χ1v) is 10.3. The number of piperidine rings is 1. The van der Waals surface area contributed by atoms with E-state index in [1.807, 2.05) is 30.3 Å². The molecule has 3 heteroatoms. The number of aliphatic hydroxyl groups is 1. The summed E-state index contributed by atoms with van der Waals surface area (Å²) in [5.74, 6) is 2.27. The molecule has 0 aromatic heterocycles. The number of likely N-dealkylation sites (tertiary alicyclic amines) is 1. The summed E-state index contributed by atoms with van der Waals surface area (Å²) in [5.41, 5.74) is 2.38. The molecule has 1 saturated heterocycles. The molecule has 3 nitrogen and oxygen atoms in total. The zero-order valence-corrected chi connectivity index (χ0v) is 17.0. The molecule has 2 aromatic rings. The number of nitrogens with zero attached hydrogens (tertiary/aromatic N) is 1. The Morgan fingerprint density at radius 2 is 1.56 bits per heavy atom. The molecular formula is C24H34NO2+. The van der Waals surface area contributed by atoms with Gasteiger partial charge in [0.25, 0.3) is 0 Å². The summed E-state index contributed by atoms with van der Waals surface area (Å²) in [5, 5.41) is 10.6. The van der Waals surface area contributed by atoms with Crippen molar-refractivity contribution in [1.82, 2.24) is 0 Å². The second-order valence-electron chi connectivity index (χ2n) is 8.51. The molecule has 0 aliphatic carbocycles. The van der Waals surface area contributed by atoms with Gasteiger partial charge in [0.2, 0.25) is 0 Å². The maximum atomic E-state index is 10.6. The Kier molecular flexibility index (Phi) is 6.56. The van der Waals surface area contributed by atoms with Crippen molar-refractivity contribution in [2.75, 3.05) is 32.8 Å². The molecule has 1 fully saturated rings. The lowest BCUT2D eigenvalue weighted by atomic mass is 9.89. The van der Waals surface area contributed by atoms with Gasteiger partial charge in [0.1, 0.15) is 25.0 Å². The van der Waals surface area contributed by atoms with E-state index in [9.17, 15) is 5.11 Å². The Morgan fingerprint density at radius 1 is 0.963 bits per heavy atom. The van der Waals surface area contributed by atoms with Gasteiger partial charge in [0, 0.05) is 11.8 Å². The second kappa shape index (κ2) is 8.90. The van der Waals surface area contributed by atoms with Gasteiger partial charge in [-0.3, -0.25) is 0 Å². The van der Waals surface area contributed by atoms with E-state index >= 15 is 0 Å². The topological polar surface area (TPSA) is 29.5 Å². The molecule has 0 radical (unpaired) electrons. The molecule has 0 saturated carbocycles. The van der Waals surface area contributed by atoms with Crippen LogP contribution in [0.4, 0.5) is 0 Å². The van der Waals surface area contributed by atoms with E-state index < -0.39 is 6.10 Å². The van der Waals surface area contributed by atoms with Crippen molar-refractivity contribution in [1.29, 1.82) is 0 Å². The molecule has 0 bridgehead atoms. The quantitative estimate of drug-likeness (QED) is 0.724. The van der Waals surface area contributed by atoms with Crippen molar-refractivity contribution in [2.24, 2.45) is 11.8 Å². The van der Waals surface area contributed by atoms with E-state index in [1.54, 1.807) is 0 Å². The summed E-state index contributed by atoms with van der Waals surface area (Å²) >= 11 is 0. The molecule has 3 rings (SSSR count). The number of ether oxygens (including phenoxy) is 1. The van der Waals surface area contributed by atoms with Gasteiger partial charge >= 0.3 is 0 Å². The van der Waals surface area contributed by atoms with Crippen molar-refractivity contribution < 1.29 is 14.3 Å². The summed E-state index contributed by atoms with van der Waals surface area (Å²) in [6, 6.07) is 18.5. The zero-order chi connectivity index (χ0) is 19.3. The highest BCUT2D eigenvalue weighted by atomic mass is 16.5. The molecule has 146 valence electrons. The average Bonchev–Trinajstić information content (AvgIpc) is 2.66. The number of aliphatic hydroxyl groups excluding tert-OH is 1. The number of hydrogen-bond donors (Lipinski definition) is 1. The van der Waals surface area contributed by atoms with Crippen molar-refractivity contribution in [3.8, 4) is 16.9 Å². The lowest BCUT2D eigenvalue weighted by molar-refractivity contribution is -0.940. The van der Waals surface area contributed by atoms with E-state index in [0.29, 0.717) is 6.61 Å². The van der Waals surface area contributed by atoms with Crippen LogP contribution in [0, 0.1) is 11.8 Å². The van der Waals surface area contributed by atoms with Gasteiger partial charge in [-0.1, -0.05) is 56.3 Å². The molecule has 0 amide bonds. The predicted octanol–water partition coefficient (Wildman–Crippen LogP) is 4.61. The highest BCUT2D eigenvalue weighted by molar-refractivity contribution is 5.63. The minimum Gasteiger partial charge on any atom is -0.491 e. The highest BCUT2D eigenvalue weighted by Crippen LogP contribution is 2.28. The molecule has 1 N–H and O–H groups in total. The fourth-order valence-electron chi connectivity index (χ4n) is 4.84. The first-order chi connectivity index (χ1) is 13.0. The van der Waals surface area contributed by atoms with E-state index in [1.165, 1.54) is 30.6 Å². The lowest BCUT2D eigenvalue weighted by Gasteiger charge is -2.46. The Bertz CT molecular complexity index is 688. The molecule has 1 aliphatic rings. The molecule has 2 aromatic carbocycles. The number of benzene rings is 2. The first kappa shape index (κ1) is 19.9. The third kappa shape index (κ3) is 5.33. The van der Waals surface area contributed by atoms with Gasteiger partial charge in [0.05, 0.1) is 19.6 Å².